The van der Waals surface area contributed by atoms with Crippen LogP contribution >= 0.6 is 7.29 Å². The molecule has 1 fully saturated rings. The molecule has 18 heavy (non-hydrogen) atoms. The van der Waals surface area contributed by atoms with E-state index in [1.807, 2.05) is 28.9 Å². The molecule has 2 heterocycles. The van der Waals surface area contributed by atoms with E-state index in [1.165, 1.54) is 0 Å². The van der Waals surface area contributed by atoms with Crippen molar-refractivity contribution in [3.63, 3.8) is 0 Å². The van der Waals surface area contributed by atoms with Crippen LogP contribution in [0.5, 0.6) is 11.5 Å². The Labute approximate surface area is 106 Å². The minimum absolute atomic E-state index is 0.212. The van der Waals surface area contributed by atoms with Gasteiger partial charge in [-0.15, -0.1) is 0 Å². The first-order valence-electron chi connectivity index (χ1n) is 6.04. The number of hydrogen-bond donors (Lipinski definition) is 0. The molecule has 2 aliphatic rings. The van der Waals surface area contributed by atoms with Crippen molar-refractivity contribution < 1.29 is 18.8 Å². The zero-order valence-corrected chi connectivity index (χ0v) is 11.0. The van der Waals surface area contributed by atoms with Crippen molar-refractivity contribution in [3.8, 4) is 11.5 Å². The molecule has 1 aromatic carbocycles. The van der Waals surface area contributed by atoms with Crippen molar-refractivity contribution in [2.45, 2.75) is 0 Å². The van der Waals surface area contributed by atoms with Gasteiger partial charge in [0.25, 0.3) is 0 Å². The van der Waals surface area contributed by atoms with Crippen molar-refractivity contribution in [1.82, 2.24) is 4.67 Å². The Balaban J connectivity index is 1.79. The summed E-state index contributed by atoms with van der Waals surface area (Å²) >= 11 is 0. The highest BCUT2D eigenvalue weighted by Crippen LogP contribution is 2.52. The average molecular weight is 269 g/mol. The molecule has 0 spiro atoms. The monoisotopic (exact) mass is 269 g/mol. The van der Waals surface area contributed by atoms with Crippen LogP contribution in [0.15, 0.2) is 24.3 Å². The van der Waals surface area contributed by atoms with Crippen LogP contribution in [-0.4, -0.2) is 43.7 Å². The van der Waals surface area contributed by atoms with E-state index in [9.17, 15) is 4.57 Å². The molecule has 1 aromatic rings. The summed E-state index contributed by atoms with van der Waals surface area (Å²) in [5.41, 5.74) is 0. The van der Waals surface area contributed by atoms with Crippen molar-refractivity contribution in [3.05, 3.63) is 24.3 Å². The van der Waals surface area contributed by atoms with Crippen LogP contribution in [0.4, 0.5) is 0 Å². The summed E-state index contributed by atoms with van der Waals surface area (Å²) < 4.78 is 31.4. The highest BCUT2D eigenvalue weighted by atomic mass is 31.2. The van der Waals surface area contributed by atoms with Crippen molar-refractivity contribution in [2.75, 3.05) is 39.0 Å². The van der Waals surface area contributed by atoms with Crippen LogP contribution < -0.4 is 9.47 Å². The second-order valence-electron chi connectivity index (χ2n) is 4.41. The molecule has 2 aliphatic heterocycles. The molecule has 0 radical (unpaired) electrons. The van der Waals surface area contributed by atoms with Gasteiger partial charge in [0, 0.05) is 13.1 Å². The first-order chi connectivity index (χ1) is 8.78. The van der Waals surface area contributed by atoms with Gasteiger partial charge in [-0.3, -0.25) is 4.57 Å². The van der Waals surface area contributed by atoms with Crippen LogP contribution in [0.25, 0.3) is 0 Å². The molecule has 6 heteroatoms. The maximum atomic E-state index is 12.9. The summed E-state index contributed by atoms with van der Waals surface area (Å²) in [6, 6.07) is 7.44. The van der Waals surface area contributed by atoms with Gasteiger partial charge in [-0.05, 0) is 12.1 Å². The third-order valence-electron chi connectivity index (χ3n) is 3.20. The third-order valence-corrected chi connectivity index (χ3v) is 5.69. The predicted molar refractivity (Wildman–Crippen MR) is 67.4 cm³/mol. The molecule has 0 saturated carbocycles. The van der Waals surface area contributed by atoms with Crippen LogP contribution in [0.3, 0.4) is 0 Å². The lowest BCUT2D eigenvalue weighted by Crippen LogP contribution is -2.36. The van der Waals surface area contributed by atoms with Gasteiger partial charge in [0.1, 0.15) is 0 Å². The van der Waals surface area contributed by atoms with E-state index in [4.69, 9.17) is 14.2 Å². The van der Waals surface area contributed by atoms with E-state index < -0.39 is 7.29 Å². The smallest absolute Gasteiger partial charge is 0.222 e. The van der Waals surface area contributed by atoms with Crippen molar-refractivity contribution >= 4 is 7.29 Å². The molecule has 0 aliphatic carbocycles. The van der Waals surface area contributed by atoms with Gasteiger partial charge in [-0.1, -0.05) is 12.1 Å². The second kappa shape index (κ2) is 4.92. The summed E-state index contributed by atoms with van der Waals surface area (Å²) in [4.78, 5) is 0. The van der Waals surface area contributed by atoms with Gasteiger partial charge in [0.05, 0.1) is 13.2 Å². The van der Waals surface area contributed by atoms with E-state index in [0.717, 1.165) is 0 Å². The van der Waals surface area contributed by atoms with Gasteiger partial charge in [0.15, 0.2) is 24.2 Å². The van der Waals surface area contributed by atoms with Gasteiger partial charge >= 0.3 is 0 Å². The molecule has 98 valence electrons. The number of rotatable bonds is 1. The highest BCUT2D eigenvalue weighted by Gasteiger charge is 2.35. The lowest BCUT2D eigenvalue weighted by Gasteiger charge is -2.32. The topological polar surface area (TPSA) is 48.0 Å². The minimum atomic E-state index is -2.61. The predicted octanol–water partition coefficient (Wildman–Crippen LogP) is 1.98. The molecule has 5 nitrogen and oxygen atoms in total. The van der Waals surface area contributed by atoms with Gasteiger partial charge < -0.3 is 14.2 Å². The Kier molecular flexibility index (Phi) is 3.29. The molecule has 0 aromatic heterocycles. The Morgan fingerprint density at radius 3 is 2.11 bits per heavy atom. The van der Waals surface area contributed by atoms with Gasteiger partial charge in [0.2, 0.25) is 7.29 Å². The summed E-state index contributed by atoms with van der Waals surface area (Å²) in [6.45, 7) is 2.61. The number of ether oxygens (including phenoxy) is 3. The molecule has 0 N–H and O–H groups in total. The normalized spacial score (nSPS) is 23.3. The number of nitrogens with zero attached hydrogens (tertiary/aromatic N) is 1. The molecule has 0 amide bonds. The fraction of sp³-hybridized carbons (Fsp3) is 0.500. The van der Waals surface area contributed by atoms with Crippen molar-refractivity contribution in [2.24, 2.45) is 0 Å². The lowest BCUT2D eigenvalue weighted by atomic mass is 10.3. The van der Waals surface area contributed by atoms with Crippen LogP contribution in [0.1, 0.15) is 0 Å². The van der Waals surface area contributed by atoms with Crippen LogP contribution in [0.2, 0.25) is 0 Å². The van der Waals surface area contributed by atoms with Gasteiger partial charge in [-0.2, -0.15) is 0 Å². The summed E-state index contributed by atoms with van der Waals surface area (Å²) in [6.07, 6.45) is 0.425. The number of fused-ring (bicyclic) bond motifs is 1. The van der Waals surface area contributed by atoms with E-state index in [0.29, 0.717) is 37.8 Å². The van der Waals surface area contributed by atoms with Crippen molar-refractivity contribution in [1.29, 1.82) is 0 Å². The molecule has 0 atom stereocenters. The fourth-order valence-electron chi connectivity index (χ4n) is 2.15. The Morgan fingerprint density at radius 2 is 1.56 bits per heavy atom. The lowest BCUT2D eigenvalue weighted by molar-refractivity contribution is 0.0703. The van der Waals surface area contributed by atoms with E-state index in [1.54, 1.807) is 0 Å². The quantitative estimate of drug-likeness (QED) is 0.730. The van der Waals surface area contributed by atoms with E-state index >= 15 is 0 Å². The number of benzene rings is 1. The molecular weight excluding hydrogens is 253 g/mol. The number of morpholine rings is 1. The first kappa shape index (κ1) is 12.0. The summed E-state index contributed by atoms with van der Waals surface area (Å²) in [7, 11) is -2.61. The largest absolute Gasteiger partial charge is 0.481 e. The van der Waals surface area contributed by atoms with E-state index in [2.05, 4.69) is 0 Å². The summed E-state index contributed by atoms with van der Waals surface area (Å²) in [5, 5.41) is 0. The molecule has 0 bridgehead atoms. The molecular formula is C12H16NO4P. The standard InChI is InChI=1S/C12H16NO4P/c14-18(13-5-7-15-8-6-13)9-16-11-3-1-2-4-12(11)17-10-18/h1-4H,5-10H2. The number of para-hydroxylation sites is 2. The maximum absolute atomic E-state index is 12.9. The van der Waals surface area contributed by atoms with Crippen LogP contribution in [0, 0.1) is 0 Å². The highest BCUT2D eigenvalue weighted by molar-refractivity contribution is 7.61. The fourth-order valence-corrected chi connectivity index (χ4v) is 4.12. The third kappa shape index (κ3) is 2.26. The summed E-state index contributed by atoms with van der Waals surface area (Å²) in [5.74, 6) is 1.34. The van der Waals surface area contributed by atoms with Crippen LogP contribution in [-0.2, 0) is 9.30 Å². The Hall–Kier alpha value is -1.03. The first-order valence-corrected chi connectivity index (χ1v) is 8.07. The second-order valence-corrected chi connectivity index (χ2v) is 7.18. The molecule has 3 rings (SSSR count). The zero-order valence-electron chi connectivity index (χ0n) is 10.1. The molecule has 1 saturated heterocycles. The van der Waals surface area contributed by atoms with E-state index in [-0.39, 0.29) is 12.7 Å². The Morgan fingerprint density at radius 1 is 1.00 bits per heavy atom. The Bertz CT molecular complexity index is 442. The minimum Gasteiger partial charge on any atom is -0.481 e. The number of hydrogen-bond acceptors (Lipinski definition) is 4. The molecule has 0 unspecified atom stereocenters. The average Bonchev–Trinajstić information content (AvgIpc) is 2.61. The maximum Gasteiger partial charge on any atom is 0.222 e. The van der Waals surface area contributed by atoms with Gasteiger partial charge in [-0.25, -0.2) is 4.67 Å². The zero-order chi connectivity index (χ0) is 12.4. The SMILES string of the molecule is O=P1(N2CCOCC2)COc2ccccc2OC1.